The van der Waals surface area contributed by atoms with E-state index in [0.717, 1.165) is 54.6 Å². The van der Waals surface area contributed by atoms with E-state index in [9.17, 15) is 8.42 Å². The molecule has 36 heavy (non-hydrogen) atoms. The maximum atomic E-state index is 13.1. The van der Waals surface area contributed by atoms with Crippen molar-refractivity contribution >= 4 is 53.3 Å². The summed E-state index contributed by atoms with van der Waals surface area (Å²) in [6.07, 6.45) is 0. The fourth-order valence-electron chi connectivity index (χ4n) is 5.15. The molecular formula is C32H20O3S. The molecule has 0 aliphatic rings. The van der Waals surface area contributed by atoms with E-state index < -0.39 is 9.84 Å². The second-order valence-electron chi connectivity index (χ2n) is 8.95. The van der Waals surface area contributed by atoms with Gasteiger partial charge in [-0.25, -0.2) is 8.42 Å². The fourth-order valence-corrected chi connectivity index (χ4v) is 6.43. The summed E-state index contributed by atoms with van der Waals surface area (Å²) in [6.45, 7) is 0. The molecule has 0 fully saturated rings. The minimum absolute atomic E-state index is 0.269. The molecule has 7 aromatic rings. The lowest BCUT2D eigenvalue weighted by atomic mass is 9.95. The monoisotopic (exact) mass is 484 g/mol. The fraction of sp³-hybridized carbons (Fsp3) is 0. The number of fused-ring (bicyclic) bond motifs is 7. The van der Waals surface area contributed by atoms with Gasteiger partial charge >= 0.3 is 0 Å². The average Bonchev–Trinajstić information content (AvgIpc) is 3.34. The first-order valence-electron chi connectivity index (χ1n) is 11.8. The maximum absolute atomic E-state index is 13.1. The molecule has 0 unspecified atom stereocenters. The molecule has 0 N–H and O–H groups in total. The average molecular weight is 485 g/mol. The van der Waals surface area contributed by atoms with Crippen LogP contribution in [0.25, 0.3) is 54.6 Å². The van der Waals surface area contributed by atoms with Crippen LogP contribution in [-0.2, 0) is 9.84 Å². The molecule has 0 amide bonds. The van der Waals surface area contributed by atoms with Crippen molar-refractivity contribution in [3.63, 3.8) is 0 Å². The third-order valence-corrected chi connectivity index (χ3v) is 8.67. The topological polar surface area (TPSA) is 47.3 Å². The second kappa shape index (κ2) is 7.80. The summed E-state index contributed by atoms with van der Waals surface area (Å²) < 4.78 is 32.7. The van der Waals surface area contributed by atoms with E-state index >= 15 is 0 Å². The smallest absolute Gasteiger partial charge is 0.206 e. The molecule has 0 aliphatic carbocycles. The van der Waals surface area contributed by atoms with Crippen LogP contribution in [0.5, 0.6) is 0 Å². The molecule has 4 heteroatoms. The minimum Gasteiger partial charge on any atom is -0.455 e. The van der Waals surface area contributed by atoms with Crippen molar-refractivity contribution in [3.8, 4) is 11.1 Å². The van der Waals surface area contributed by atoms with Crippen LogP contribution < -0.4 is 0 Å². The largest absolute Gasteiger partial charge is 0.455 e. The van der Waals surface area contributed by atoms with Crippen LogP contribution in [0, 0.1) is 0 Å². The van der Waals surface area contributed by atoms with Crippen molar-refractivity contribution in [2.24, 2.45) is 0 Å². The predicted molar refractivity (Wildman–Crippen MR) is 146 cm³/mol. The van der Waals surface area contributed by atoms with E-state index in [1.807, 2.05) is 36.4 Å². The number of hydrogen-bond donors (Lipinski definition) is 0. The van der Waals surface area contributed by atoms with Crippen molar-refractivity contribution in [1.29, 1.82) is 0 Å². The molecular weight excluding hydrogens is 464 g/mol. The highest BCUT2D eigenvalue weighted by molar-refractivity contribution is 7.91. The Hall–Kier alpha value is -4.41. The van der Waals surface area contributed by atoms with Gasteiger partial charge in [0.1, 0.15) is 11.2 Å². The molecule has 0 aliphatic heterocycles. The first-order chi connectivity index (χ1) is 17.6. The molecule has 0 spiro atoms. The lowest BCUT2D eigenvalue weighted by Crippen LogP contribution is -2.01. The van der Waals surface area contributed by atoms with Crippen LogP contribution in [0.1, 0.15) is 0 Å². The van der Waals surface area contributed by atoms with Gasteiger partial charge in [0.2, 0.25) is 9.84 Å². The Balaban J connectivity index is 1.50. The van der Waals surface area contributed by atoms with Crippen LogP contribution in [0.15, 0.2) is 136 Å². The van der Waals surface area contributed by atoms with E-state index in [4.69, 9.17) is 4.42 Å². The van der Waals surface area contributed by atoms with Gasteiger partial charge in [0.05, 0.1) is 9.79 Å². The van der Waals surface area contributed by atoms with Gasteiger partial charge in [0.15, 0.2) is 0 Å². The Bertz CT molecular complexity index is 2040. The summed E-state index contributed by atoms with van der Waals surface area (Å²) in [4.78, 5) is 0.556. The van der Waals surface area contributed by atoms with Crippen LogP contribution in [-0.4, -0.2) is 8.42 Å². The molecule has 172 valence electrons. The van der Waals surface area contributed by atoms with E-state index in [2.05, 4.69) is 48.5 Å². The summed E-state index contributed by atoms with van der Waals surface area (Å²) in [6, 6.07) is 38.5. The van der Waals surface area contributed by atoms with Gasteiger partial charge in [0.25, 0.3) is 0 Å². The molecule has 6 aromatic carbocycles. The zero-order chi connectivity index (χ0) is 24.3. The van der Waals surface area contributed by atoms with E-state index in [-0.39, 0.29) is 9.79 Å². The summed E-state index contributed by atoms with van der Waals surface area (Å²) in [5.74, 6) is 0. The van der Waals surface area contributed by atoms with Gasteiger partial charge in [-0.3, -0.25) is 0 Å². The van der Waals surface area contributed by atoms with Crippen molar-refractivity contribution in [2.45, 2.75) is 9.79 Å². The highest BCUT2D eigenvalue weighted by Crippen LogP contribution is 2.43. The standard InChI is InChI=1S/C32H20O3S/c33-36(34,24-10-2-1-3-11-24)25-17-14-22(15-18-25)28-20-23-9-5-7-13-27(23)31-30-26-12-6-4-8-21(26)16-19-29(30)35-32(28)31/h1-20H. The Morgan fingerprint density at radius 2 is 1.14 bits per heavy atom. The Morgan fingerprint density at radius 1 is 0.528 bits per heavy atom. The quantitative estimate of drug-likeness (QED) is 0.253. The summed E-state index contributed by atoms with van der Waals surface area (Å²) >= 11 is 0. The Morgan fingerprint density at radius 3 is 1.89 bits per heavy atom. The molecule has 0 radical (unpaired) electrons. The molecule has 0 bridgehead atoms. The SMILES string of the molecule is O=S(=O)(c1ccccc1)c1ccc(-c2cc3ccccc3c3c2oc2ccc4ccccc4c23)cc1. The zero-order valence-corrected chi connectivity index (χ0v) is 20.0. The van der Waals surface area contributed by atoms with Gasteiger partial charge in [-0.1, -0.05) is 84.9 Å². The lowest BCUT2D eigenvalue weighted by molar-refractivity contribution is 0.596. The van der Waals surface area contributed by atoms with E-state index in [1.54, 1.807) is 36.4 Å². The van der Waals surface area contributed by atoms with Crippen LogP contribution in [0.4, 0.5) is 0 Å². The van der Waals surface area contributed by atoms with Gasteiger partial charge in [-0.05, 0) is 63.5 Å². The predicted octanol–water partition coefficient (Wildman–Crippen LogP) is 8.39. The molecule has 7 rings (SSSR count). The minimum atomic E-state index is -3.58. The molecule has 0 saturated heterocycles. The molecule has 3 nitrogen and oxygen atoms in total. The third-order valence-electron chi connectivity index (χ3n) is 6.88. The van der Waals surface area contributed by atoms with Crippen molar-refractivity contribution in [1.82, 2.24) is 0 Å². The summed E-state index contributed by atoms with van der Waals surface area (Å²) in [5, 5.41) is 6.74. The number of hydrogen-bond acceptors (Lipinski definition) is 3. The lowest BCUT2D eigenvalue weighted by Gasteiger charge is -2.09. The Labute approximate surface area is 208 Å². The number of benzene rings is 6. The van der Waals surface area contributed by atoms with Crippen LogP contribution in [0.2, 0.25) is 0 Å². The molecule has 0 atom stereocenters. The first kappa shape index (κ1) is 20.9. The van der Waals surface area contributed by atoms with Crippen molar-refractivity contribution < 1.29 is 12.8 Å². The van der Waals surface area contributed by atoms with Gasteiger partial charge in [-0.2, -0.15) is 0 Å². The summed E-state index contributed by atoms with van der Waals surface area (Å²) in [7, 11) is -3.58. The normalized spacial score (nSPS) is 12.1. The molecule has 1 aromatic heterocycles. The number of furan rings is 1. The first-order valence-corrected chi connectivity index (χ1v) is 13.3. The summed E-state index contributed by atoms with van der Waals surface area (Å²) in [5.41, 5.74) is 3.48. The van der Waals surface area contributed by atoms with Crippen molar-refractivity contribution in [2.75, 3.05) is 0 Å². The number of rotatable bonds is 3. The van der Waals surface area contributed by atoms with Crippen LogP contribution in [0.3, 0.4) is 0 Å². The van der Waals surface area contributed by atoms with Gasteiger partial charge in [0, 0.05) is 16.3 Å². The highest BCUT2D eigenvalue weighted by atomic mass is 32.2. The maximum Gasteiger partial charge on any atom is 0.206 e. The van der Waals surface area contributed by atoms with E-state index in [1.165, 1.54) is 0 Å². The van der Waals surface area contributed by atoms with Crippen LogP contribution >= 0.6 is 0 Å². The Kier molecular flexibility index (Phi) is 4.53. The highest BCUT2D eigenvalue weighted by Gasteiger charge is 2.20. The van der Waals surface area contributed by atoms with E-state index in [0.29, 0.717) is 0 Å². The van der Waals surface area contributed by atoms with Gasteiger partial charge in [-0.15, -0.1) is 0 Å². The van der Waals surface area contributed by atoms with Crippen molar-refractivity contribution in [3.05, 3.63) is 121 Å². The van der Waals surface area contributed by atoms with Gasteiger partial charge < -0.3 is 4.42 Å². The third kappa shape index (κ3) is 3.08. The molecule has 1 heterocycles. The second-order valence-corrected chi connectivity index (χ2v) is 10.9. The number of sulfone groups is 1. The molecule has 0 saturated carbocycles. The zero-order valence-electron chi connectivity index (χ0n) is 19.2.